The zero-order valence-corrected chi connectivity index (χ0v) is 16.3. The van der Waals surface area contributed by atoms with E-state index < -0.39 is 0 Å². The van der Waals surface area contributed by atoms with E-state index in [-0.39, 0.29) is 0 Å². The van der Waals surface area contributed by atoms with Crippen LogP contribution in [0.25, 0.3) is 11.4 Å². The van der Waals surface area contributed by atoms with Gasteiger partial charge in [-0.3, -0.25) is 0 Å². The Balaban J connectivity index is 1.81. The molecule has 0 bridgehead atoms. The number of thioether (sulfide) groups is 1. The van der Waals surface area contributed by atoms with Gasteiger partial charge in [0.2, 0.25) is 5.16 Å². The van der Waals surface area contributed by atoms with E-state index in [1.807, 2.05) is 37.3 Å². The molecule has 8 heteroatoms. The lowest BCUT2D eigenvalue weighted by molar-refractivity contribution is 0.354. The minimum atomic E-state index is 0.569. The molecule has 2 N–H and O–H groups in total. The highest BCUT2D eigenvalue weighted by molar-refractivity contribution is 7.98. The maximum absolute atomic E-state index is 6.17. The fraction of sp³-hybridized carbons (Fsp3) is 0.222. The van der Waals surface area contributed by atoms with E-state index in [0.717, 1.165) is 16.7 Å². The number of aromatic nitrogens is 3. The Morgan fingerprint density at radius 3 is 2.54 bits per heavy atom. The van der Waals surface area contributed by atoms with Crippen molar-refractivity contribution >= 4 is 23.4 Å². The minimum Gasteiger partial charge on any atom is -0.493 e. The van der Waals surface area contributed by atoms with Crippen molar-refractivity contribution in [2.45, 2.75) is 17.8 Å². The predicted octanol–water partition coefficient (Wildman–Crippen LogP) is 3.93. The van der Waals surface area contributed by atoms with Crippen molar-refractivity contribution < 1.29 is 9.47 Å². The molecule has 0 aliphatic carbocycles. The maximum Gasteiger partial charge on any atom is 0.210 e. The number of rotatable bonds is 6. The van der Waals surface area contributed by atoms with Crippen LogP contribution in [-0.4, -0.2) is 29.1 Å². The van der Waals surface area contributed by atoms with E-state index in [9.17, 15) is 0 Å². The third-order valence-electron chi connectivity index (χ3n) is 3.95. The normalized spacial score (nSPS) is 10.8. The largest absolute Gasteiger partial charge is 0.493 e. The van der Waals surface area contributed by atoms with Crippen LogP contribution in [0.5, 0.6) is 11.5 Å². The summed E-state index contributed by atoms with van der Waals surface area (Å²) in [6.45, 7) is 2.03. The third kappa shape index (κ3) is 3.73. The number of nitrogens with two attached hydrogens (primary N) is 1. The first-order chi connectivity index (χ1) is 12.5. The van der Waals surface area contributed by atoms with E-state index in [2.05, 4.69) is 10.2 Å². The molecule has 0 fully saturated rings. The second-order valence-electron chi connectivity index (χ2n) is 5.61. The average Bonchev–Trinajstić information content (AvgIpc) is 3.01. The standard InChI is InChI=1S/C18H19ClN4O2S/c1-11-7-15(24-2)16(25-3)9-13(11)10-26-18-22-21-17(23(18)20)12-5-4-6-14(19)8-12/h4-9H,10,20H2,1-3H3. The second kappa shape index (κ2) is 7.88. The Morgan fingerprint density at radius 1 is 1.12 bits per heavy atom. The van der Waals surface area contributed by atoms with Gasteiger partial charge in [-0.2, -0.15) is 0 Å². The van der Waals surface area contributed by atoms with Gasteiger partial charge >= 0.3 is 0 Å². The van der Waals surface area contributed by atoms with E-state index >= 15 is 0 Å². The van der Waals surface area contributed by atoms with Gasteiger partial charge in [0.25, 0.3) is 0 Å². The quantitative estimate of drug-likeness (QED) is 0.507. The number of aryl methyl sites for hydroxylation is 1. The van der Waals surface area contributed by atoms with Crippen molar-refractivity contribution in [2.75, 3.05) is 20.1 Å². The molecule has 6 nitrogen and oxygen atoms in total. The van der Waals surface area contributed by atoms with Gasteiger partial charge in [-0.15, -0.1) is 10.2 Å². The molecular weight excluding hydrogens is 372 g/mol. The Bertz CT molecular complexity index is 930. The van der Waals surface area contributed by atoms with E-state index in [1.54, 1.807) is 20.3 Å². The summed E-state index contributed by atoms with van der Waals surface area (Å²) in [6.07, 6.45) is 0. The molecule has 0 unspecified atom stereocenters. The smallest absolute Gasteiger partial charge is 0.210 e. The fourth-order valence-corrected chi connectivity index (χ4v) is 3.63. The number of hydrogen-bond acceptors (Lipinski definition) is 6. The second-order valence-corrected chi connectivity index (χ2v) is 6.99. The number of hydrogen-bond donors (Lipinski definition) is 1. The zero-order valence-electron chi connectivity index (χ0n) is 14.7. The van der Waals surface area contributed by atoms with Gasteiger partial charge in [0, 0.05) is 16.3 Å². The van der Waals surface area contributed by atoms with Gasteiger partial charge in [-0.05, 0) is 42.3 Å². The van der Waals surface area contributed by atoms with Gasteiger partial charge in [0.15, 0.2) is 17.3 Å². The molecule has 26 heavy (non-hydrogen) atoms. The van der Waals surface area contributed by atoms with Crippen LogP contribution in [0.4, 0.5) is 0 Å². The summed E-state index contributed by atoms with van der Waals surface area (Å²) < 4.78 is 12.2. The number of nitrogen functional groups attached to an aromatic ring is 1. The summed E-state index contributed by atoms with van der Waals surface area (Å²) >= 11 is 7.54. The first-order valence-electron chi connectivity index (χ1n) is 7.84. The Kier molecular flexibility index (Phi) is 5.58. The topological polar surface area (TPSA) is 75.2 Å². The number of benzene rings is 2. The molecule has 1 aromatic heterocycles. The third-order valence-corrected chi connectivity index (χ3v) is 5.17. The average molecular weight is 391 g/mol. The number of methoxy groups -OCH3 is 2. The van der Waals surface area contributed by atoms with Crippen molar-refractivity contribution in [3.8, 4) is 22.9 Å². The molecule has 0 radical (unpaired) electrons. The molecule has 0 aliphatic heterocycles. The highest BCUT2D eigenvalue weighted by atomic mass is 35.5. The first kappa shape index (κ1) is 18.4. The molecule has 0 amide bonds. The molecule has 136 valence electrons. The van der Waals surface area contributed by atoms with Crippen LogP contribution in [0.15, 0.2) is 41.6 Å². The molecule has 0 saturated heterocycles. The molecule has 0 aliphatic rings. The van der Waals surface area contributed by atoms with Gasteiger partial charge in [0.1, 0.15) is 0 Å². The van der Waals surface area contributed by atoms with Crippen LogP contribution in [-0.2, 0) is 5.75 Å². The van der Waals surface area contributed by atoms with Crippen LogP contribution < -0.4 is 15.3 Å². The molecule has 0 atom stereocenters. The Hall–Kier alpha value is -2.38. The highest BCUT2D eigenvalue weighted by Gasteiger charge is 2.14. The SMILES string of the molecule is COc1cc(C)c(CSc2nnc(-c3cccc(Cl)c3)n2N)cc1OC. The van der Waals surface area contributed by atoms with Crippen LogP contribution in [0, 0.1) is 6.92 Å². The van der Waals surface area contributed by atoms with E-state index in [0.29, 0.717) is 33.3 Å². The molecule has 0 saturated carbocycles. The molecular formula is C18H19ClN4O2S. The number of halogens is 1. The predicted molar refractivity (Wildman–Crippen MR) is 104 cm³/mol. The lowest BCUT2D eigenvalue weighted by atomic mass is 10.1. The van der Waals surface area contributed by atoms with E-state index in [1.165, 1.54) is 16.4 Å². The molecule has 3 aromatic rings. The highest BCUT2D eigenvalue weighted by Crippen LogP contribution is 2.33. The van der Waals surface area contributed by atoms with Crippen molar-refractivity contribution in [1.82, 2.24) is 14.9 Å². The zero-order chi connectivity index (χ0) is 18.7. The van der Waals surface area contributed by atoms with Gasteiger partial charge < -0.3 is 15.3 Å². The van der Waals surface area contributed by atoms with Crippen molar-refractivity contribution in [3.63, 3.8) is 0 Å². The molecule has 1 heterocycles. The van der Waals surface area contributed by atoms with Crippen molar-refractivity contribution in [2.24, 2.45) is 0 Å². The lowest BCUT2D eigenvalue weighted by Crippen LogP contribution is -2.11. The number of nitrogens with zero attached hydrogens (tertiary/aromatic N) is 3. The van der Waals surface area contributed by atoms with Crippen molar-refractivity contribution in [3.05, 3.63) is 52.5 Å². The Labute approximate surface area is 161 Å². The lowest BCUT2D eigenvalue weighted by Gasteiger charge is -2.12. The summed E-state index contributed by atoms with van der Waals surface area (Å²) in [4.78, 5) is 0. The Morgan fingerprint density at radius 2 is 1.85 bits per heavy atom. The van der Waals surface area contributed by atoms with E-state index in [4.69, 9.17) is 26.9 Å². The summed E-state index contributed by atoms with van der Waals surface area (Å²) in [5, 5.41) is 9.63. The minimum absolute atomic E-state index is 0.569. The van der Waals surface area contributed by atoms with Crippen LogP contribution in [0.1, 0.15) is 11.1 Å². The molecule has 0 spiro atoms. The van der Waals surface area contributed by atoms with Crippen LogP contribution in [0.2, 0.25) is 5.02 Å². The van der Waals surface area contributed by atoms with Gasteiger partial charge in [0.05, 0.1) is 14.2 Å². The molecule has 2 aromatic carbocycles. The first-order valence-corrected chi connectivity index (χ1v) is 9.20. The fourth-order valence-electron chi connectivity index (χ4n) is 2.52. The maximum atomic E-state index is 6.17. The van der Waals surface area contributed by atoms with Crippen LogP contribution >= 0.6 is 23.4 Å². The molecule has 3 rings (SSSR count). The van der Waals surface area contributed by atoms with Gasteiger partial charge in [-0.1, -0.05) is 35.5 Å². The summed E-state index contributed by atoms with van der Waals surface area (Å²) in [6, 6.07) is 11.3. The van der Waals surface area contributed by atoms with Gasteiger partial charge in [-0.25, -0.2) is 4.68 Å². The monoisotopic (exact) mass is 390 g/mol. The summed E-state index contributed by atoms with van der Waals surface area (Å²) in [5.74, 6) is 8.83. The van der Waals surface area contributed by atoms with Crippen LogP contribution in [0.3, 0.4) is 0 Å². The summed E-state index contributed by atoms with van der Waals surface area (Å²) in [7, 11) is 3.25. The summed E-state index contributed by atoms with van der Waals surface area (Å²) in [5.41, 5.74) is 3.04. The van der Waals surface area contributed by atoms with Crippen molar-refractivity contribution in [1.29, 1.82) is 0 Å². The number of ether oxygens (including phenoxy) is 2.